The summed E-state index contributed by atoms with van der Waals surface area (Å²) in [6.45, 7) is 2.41. The highest BCUT2D eigenvalue weighted by molar-refractivity contribution is 6.30. The van der Waals surface area contributed by atoms with E-state index in [1.54, 1.807) is 0 Å². The van der Waals surface area contributed by atoms with Gasteiger partial charge in [-0.15, -0.1) is 0 Å². The SMILES string of the molecule is CC1CCCCC1(CO)Nc1ccc(Cl)cc1. The standard InChI is InChI=1S/C14H20ClNO/c1-11-4-2-3-9-14(11,10-17)16-13-7-5-12(15)6-8-13/h5-8,11,16-17H,2-4,9-10H2,1H3. The summed E-state index contributed by atoms with van der Waals surface area (Å²) < 4.78 is 0. The maximum absolute atomic E-state index is 9.74. The van der Waals surface area contributed by atoms with Gasteiger partial charge in [0.1, 0.15) is 0 Å². The first-order valence-corrected chi connectivity index (χ1v) is 6.69. The Morgan fingerprint density at radius 3 is 2.65 bits per heavy atom. The molecule has 1 aliphatic carbocycles. The molecule has 1 aromatic rings. The highest BCUT2D eigenvalue weighted by Gasteiger charge is 2.37. The van der Waals surface area contributed by atoms with Crippen molar-refractivity contribution >= 4 is 17.3 Å². The molecule has 1 fully saturated rings. The van der Waals surface area contributed by atoms with E-state index in [1.807, 2.05) is 24.3 Å². The first-order valence-electron chi connectivity index (χ1n) is 6.31. The van der Waals surface area contributed by atoms with Crippen LogP contribution in [0.5, 0.6) is 0 Å². The fourth-order valence-electron chi connectivity index (χ4n) is 2.69. The van der Waals surface area contributed by atoms with Crippen molar-refractivity contribution < 1.29 is 5.11 Å². The number of hydrogen-bond acceptors (Lipinski definition) is 2. The highest BCUT2D eigenvalue weighted by Crippen LogP contribution is 2.36. The lowest BCUT2D eigenvalue weighted by atomic mass is 9.74. The third-order valence-electron chi connectivity index (χ3n) is 3.97. The second-order valence-electron chi connectivity index (χ2n) is 5.09. The Hall–Kier alpha value is -0.730. The Morgan fingerprint density at radius 2 is 2.06 bits per heavy atom. The Kier molecular flexibility index (Phi) is 3.95. The highest BCUT2D eigenvalue weighted by atomic mass is 35.5. The average Bonchev–Trinajstić information content (AvgIpc) is 2.35. The van der Waals surface area contributed by atoms with Crippen LogP contribution in [0.25, 0.3) is 0 Å². The van der Waals surface area contributed by atoms with Crippen LogP contribution in [0.3, 0.4) is 0 Å². The van der Waals surface area contributed by atoms with Crippen LogP contribution in [0.1, 0.15) is 32.6 Å². The lowest BCUT2D eigenvalue weighted by molar-refractivity contribution is 0.126. The zero-order chi connectivity index (χ0) is 12.3. The van der Waals surface area contributed by atoms with Crippen molar-refractivity contribution in [1.29, 1.82) is 0 Å². The topological polar surface area (TPSA) is 32.3 Å². The van der Waals surface area contributed by atoms with Crippen LogP contribution in [0, 0.1) is 5.92 Å². The fraction of sp³-hybridized carbons (Fsp3) is 0.571. The molecule has 0 aliphatic heterocycles. The molecule has 2 atom stereocenters. The summed E-state index contributed by atoms with van der Waals surface area (Å²) in [6.07, 6.45) is 4.67. The molecule has 1 aliphatic rings. The number of aliphatic hydroxyl groups is 1. The van der Waals surface area contributed by atoms with E-state index in [9.17, 15) is 5.11 Å². The van der Waals surface area contributed by atoms with E-state index in [0.717, 1.165) is 17.1 Å². The van der Waals surface area contributed by atoms with Gasteiger partial charge in [0.25, 0.3) is 0 Å². The quantitative estimate of drug-likeness (QED) is 0.861. The first-order chi connectivity index (χ1) is 8.16. The van der Waals surface area contributed by atoms with E-state index in [-0.39, 0.29) is 12.1 Å². The predicted molar refractivity (Wildman–Crippen MR) is 72.5 cm³/mol. The Bertz CT molecular complexity index is 365. The van der Waals surface area contributed by atoms with Gasteiger partial charge in [-0.25, -0.2) is 0 Å². The molecule has 0 spiro atoms. The molecule has 0 amide bonds. The van der Waals surface area contributed by atoms with Gasteiger partial charge in [-0.3, -0.25) is 0 Å². The van der Waals surface area contributed by atoms with E-state index in [4.69, 9.17) is 11.6 Å². The van der Waals surface area contributed by atoms with Crippen molar-refractivity contribution in [1.82, 2.24) is 0 Å². The third-order valence-corrected chi connectivity index (χ3v) is 4.22. The predicted octanol–water partition coefficient (Wildman–Crippen LogP) is 3.69. The Labute approximate surface area is 108 Å². The normalized spacial score (nSPS) is 29.0. The van der Waals surface area contributed by atoms with Crippen molar-refractivity contribution in [2.24, 2.45) is 5.92 Å². The van der Waals surface area contributed by atoms with Crippen molar-refractivity contribution in [3.8, 4) is 0 Å². The van der Waals surface area contributed by atoms with E-state index >= 15 is 0 Å². The van der Waals surface area contributed by atoms with Crippen LogP contribution in [-0.4, -0.2) is 17.3 Å². The zero-order valence-electron chi connectivity index (χ0n) is 10.2. The number of hydrogen-bond donors (Lipinski definition) is 2. The molecule has 0 bridgehead atoms. The van der Waals surface area contributed by atoms with Gasteiger partial charge < -0.3 is 10.4 Å². The molecule has 2 nitrogen and oxygen atoms in total. The van der Waals surface area contributed by atoms with Gasteiger partial charge in [-0.1, -0.05) is 31.4 Å². The van der Waals surface area contributed by atoms with Gasteiger partial charge in [-0.05, 0) is 43.0 Å². The molecular weight excluding hydrogens is 234 g/mol. The number of rotatable bonds is 3. The molecule has 2 N–H and O–H groups in total. The number of halogens is 1. The van der Waals surface area contributed by atoms with Crippen molar-refractivity contribution in [2.45, 2.75) is 38.1 Å². The summed E-state index contributed by atoms with van der Waals surface area (Å²) in [7, 11) is 0. The summed E-state index contributed by atoms with van der Waals surface area (Å²) >= 11 is 5.87. The molecule has 2 unspecified atom stereocenters. The smallest absolute Gasteiger partial charge is 0.0664 e. The van der Waals surface area contributed by atoms with Crippen LogP contribution < -0.4 is 5.32 Å². The van der Waals surface area contributed by atoms with Crippen molar-refractivity contribution in [3.63, 3.8) is 0 Å². The van der Waals surface area contributed by atoms with Crippen LogP contribution >= 0.6 is 11.6 Å². The summed E-state index contributed by atoms with van der Waals surface area (Å²) in [5, 5.41) is 14.0. The minimum absolute atomic E-state index is 0.161. The zero-order valence-corrected chi connectivity index (χ0v) is 11.0. The molecule has 0 heterocycles. The van der Waals surface area contributed by atoms with Gasteiger partial charge in [-0.2, -0.15) is 0 Å². The van der Waals surface area contributed by atoms with E-state index in [0.29, 0.717) is 5.92 Å². The summed E-state index contributed by atoms with van der Waals surface area (Å²) in [4.78, 5) is 0. The number of aliphatic hydroxyl groups excluding tert-OH is 1. The molecule has 1 saturated carbocycles. The number of benzene rings is 1. The van der Waals surface area contributed by atoms with Gasteiger partial charge in [0.15, 0.2) is 0 Å². The molecule has 2 rings (SSSR count). The van der Waals surface area contributed by atoms with Crippen molar-refractivity contribution in [2.75, 3.05) is 11.9 Å². The van der Waals surface area contributed by atoms with E-state index < -0.39 is 0 Å². The monoisotopic (exact) mass is 253 g/mol. The van der Waals surface area contributed by atoms with Gasteiger partial charge in [0.05, 0.1) is 12.1 Å². The van der Waals surface area contributed by atoms with Crippen LogP contribution in [0.4, 0.5) is 5.69 Å². The molecule has 3 heteroatoms. The fourth-order valence-corrected chi connectivity index (χ4v) is 2.82. The lowest BCUT2D eigenvalue weighted by Gasteiger charge is -2.42. The lowest BCUT2D eigenvalue weighted by Crippen LogP contribution is -2.49. The number of nitrogens with one attached hydrogen (secondary N) is 1. The maximum Gasteiger partial charge on any atom is 0.0664 e. The summed E-state index contributed by atoms with van der Waals surface area (Å²) in [6, 6.07) is 7.70. The Morgan fingerprint density at radius 1 is 1.35 bits per heavy atom. The van der Waals surface area contributed by atoms with E-state index in [1.165, 1.54) is 19.3 Å². The summed E-state index contributed by atoms with van der Waals surface area (Å²) in [5.74, 6) is 0.497. The van der Waals surface area contributed by atoms with Gasteiger partial charge >= 0.3 is 0 Å². The van der Waals surface area contributed by atoms with Gasteiger partial charge in [0.2, 0.25) is 0 Å². The Balaban J connectivity index is 2.15. The van der Waals surface area contributed by atoms with Gasteiger partial charge in [0, 0.05) is 10.7 Å². The van der Waals surface area contributed by atoms with Crippen LogP contribution in [-0.2, 0) is 0 Å². The molecule has 0 radical (unpaired) electrons. The minimum Gasteiger partial charge on any atom is -0.394 e. The molecule has 0 saturated heterocycles. The summed E-state index contributed by atoms with van der Waals surface area (Å²) in [5.41, 5.74) is 0.878. The molecule has 1 aromatic carbocycles. The van der Waals surface area contributed by atoms with Crippen LogP contribution in [0.15, 0.2) is 24.3 Å². The average molecular weight is 254 g/mol. The van der Waals surface area contributed by atoms with Crippen molar-refractivity contribution in [3.05, 3.63) is 29.3 Å². The second kappa shape index (κ2) is 5.28. The largest absolute Gasteiger partial charge is 0.394 e. The third kappa shape index (κ3) is 2.75. The maximum atomic E-state index is 9.74. The molecule has 0 aromatic heterocycles. The molecule has 17 heavy (non-hydrogen) atoms. The second-order valence-corrected chi connectivity index (χ2v) is 5.53. The van der Waals surface area contributed by atoms with Crippen LogP contribution in [0.2, 0.25) is 5.02 Å². The molecular formula is C14H20ClNO. The number of anilines is 1. The van der Waals surface area contributed by atoms with E-state index in [2.05, 4.69) is 12.2 Å². The first kappa shape index (κ1) is 12.7. The minimum atomic E-state index is -0.161. The molecule has 94 valence electrons.